The Kier molecular flexibility index (Phi) is 4.35. The van der Waals surface area contributed by atoms with Gasteiger partial charge in [-0.25, -0.2) is 8.78 Å². The van der Waals surface area contributed by atoms with Gasteiger partial charge in [0.15, 0.2) is 11.6 Å². The third-order valence-electron chi connectivity index (χ3n) is 6.71. The van der Waals surface area contributed by atoms with E-state index in [0.29, 0.717) is 17.8 Å². The summed E-state index contributed by atoms with van der Waals surface area (Å²) in [6, 6.07) is 10.2. The Bertz CT molecular complexity index is 1040. The first-order valence-electron chi connectivity index (χ1n) is 10.2. The maximum Gasteiger partial charge on any atom is 0.162 e. The third-order valence-corrected chi connectivity index (χ3v) is 6.71. The van der Waals surface area contributed by atoms with E-state index >= 15 is 0 Å². The summed E-state index contributed by atoms with van der Waals surface area (Å²) in [5.41, 5.74) is 2.76. The molecule has 2 aromatic carbocycles. The Morgan fingerprint density at radius 2 is 1.90 bits per heavy atom. The van der Waals surface area contributed by atoms with Crippen LogP contribution in [0.3, 0.4) is 0 Å². The molecule has 152 valence electrons. The maximum absolute atomic E-state index is 13.5. The van der Waals surface area contributed by atoms with E-state index in [4.69, 9.17) is 4.74 Å². The number of nitrogens with one attached hydrogen (secondary N) is 1. The molecule has 3 fully saturated rings. The molecule has 0 amide bonds. The average molecular weight is 397 g/mol. The number of rotatable bonds is 6. The fourth-order valence-electron chi connectivity index (χ4n) is 5.54. The SMILES string of the molecule is CCC12CN(Cc3ccc4[nH]ncc4c3)CC(COc3ccc(F)c(F)c3)(C1)C2. The second-order valence-corrected chi connectivity index (χ2v) is 9.01. The fourth-order valence-corrected chi connectivity index (χ4v) is 5.54. The largest absolute Gasteiger partial charge is 0.493 e. The van der Waals surface area contributed by atoms with Crippen LogP contribution < -0.4 is 4.74 Å². The van der Waals surface area contributed by atoms with Crippen molar-refractivity contribution in [2.45, 2.75) is 32.7 Å². The highest BCUT2D eigenvalue weighted by Crippen LogP contribution is 2.60. The van der Waals surface area contributed by atoms with Crippen LogP contribution in [0.2, 0.25) is 0 Å². The molecule has 0 atom stereocenters. The van der Waals surface area contributed by atoms with Crippen LogP contribution in [-0.4, -0.2) is 34.8 Å². The third kappa shape index (κ3) is 3.39. The van der Waals surface area contributed by atoms with Crippen LogP contribution in [0.5, 0.6) is 5.75 Å². The molecule has 6 rings (SSSR count). The molecular formula is C23H25F2N3O. The number of hydrogen-bond acceptors (Lipinski definition) is 3. The summed E-state index contributed by atoms with van der Waals surface area (Å²) in [4.78, 5) is 2.52. The number of halogens is 2. The minimum absolute atomic E-state index is 0.0822. The lowest BCUT2D eigenvalue weighted by atomic mass is 9.49. The van der Waals surface area contributed by atoms with Crippen LogP contribution >= 0.6 is 0 Å². The molecule has 0 spiro atoms. The maximum atomic E-state index is 13.5. The number of aromatic amines is 1. The van der Waals surface area contributed by atoms with E-state index < -0.39 is 11.6 Å². The number of H-pyrrole nitrogens is 1. The Morgan fingerprint density at radius 3 is 2.69 bits per heavy atom. The van der Waals surface area contributed by atoms with E-state index in [-0.39, 0.29) is 5.41 Å². The second kappa shape index (κ2) is 6.80. The van der Waals surface area contributed by atoms with Crippen molar-refractivity contribution >= 4 is 10.9 Å². The monoisotopic (exact) mass is 397 g/mol. The van der Waals surface area contributed by atoms with Crippen LogP contribution in [0.25, 0.3) is 10.9 Å². The van der Waals surface area contributed by atoms with Gasteiger partial charge in [0.1, 0.15) is 5.75 Å². The normalized spacial score (nSPS) is 26.4. The van der Waals surface area contributed by atoms with Crippen LogP contribution in [-0.2, 0) is 6.54 Å². The molecule has 2 aliphatic heterocycles. The Balaban J connectivity index is 1.29. The number of ether oxygens (including phenoxy) is 1. The summed E-state index contributed by atoms with van der Waals surface area (Å²) in [6.45, 7) is 5.76. The lowest BCUT2D eigenvalue weighted by molar-refractivity contribution is -0.155. The summed E-state index contributed by atoms with van der Waals surface area (Å²) < 4.78 is 32.6. The molecule has 1 aromatic heterocycles. The van der Waals surface area contributed by atoms with Gasteiger partial charge >= 0.3 is 0 Å². The lowest BCUT2D eigenvalue weighted by Gasteiger charge is -2.63. The molecule has 6 heteroatoms. The Labute approximate surface area is 168 Å². The lowest BCUT2D eigenvalue weighted by Crippen LogP contribution is -2.64. The summed E-state index contributed by atoms with van der Waals surface area (Å²) >= 11 is 0. The van der Waals surface area contributed by atoms with Crippen molar-refractivity contribution < 1.29 is 13.5 Å². The Hall–Kier alpha value is -2.47. The highest BCUT2D eigenvalue weighted by atomic mass is 19.2. The zero-order chi connectivity index (χ0) is 20.1. The highest BCUT2D eigenvalue weighted by molar-refractivity contribution is 5.78. The minimum atomic E-state index is -0.864. The Morgan fingerprint density at radius 1 is 1.07 bits per heavy atom. The number of benzene rings is 2. The van der Waals surface area contributed by atoms with Crippen molar-refractivity contribution in [3.63, 3.8) is 0 Å². The number of nitrogens with zero attached hydrogens (tertiary/aromatic N) is 2. The number of aromatic nitrogens is 2. The van der Waals surface area contributed by atoms with E-state index in [2.05, 4.69) is 40.2 Å². The summed E-state index contributed by atoms with van der Waals surface area (Å²) in [6.07, 6.45) is 5.28. The van der Waals surface area contributed by atoms with Gasteiger partial charge in [0.05, 0.1) is 18.3 Å². The van der Waals surface area contributed by atoms with Crippen molar-refractivity contribution in [1.29, 1.82) is 0 Å². The summed E-state index contributed by atoms with van der Waals surface area (Å²) in [7, 11) is 0. The first-order valence-corrected chi connectivity index (χ1v) is 10.2. The van der Waals surface area contributed by atoms with Gasteiger partial charge in [0.25, 0.3) is 0 Å². The van der Waals surface area contributed by atoms with Crippen molar-refractivity contribution in [2.75, 3.05) is 19.7 Å². The zero-order valence-corrected chi connectivity index (χ0v) is 16.5. The van der Waals surface area contributed by atoms with Crippen molar-refractivity contribution in [3.05, 3.63) is 59.8 Å². The number of piperidine rings is 2. The van der Waals surface area contributed by atoms with Gasteiger partial charge in [-0.1, -0.05) is 13.0 Å². The van der Waals surface area contributed by atoms with Crippen LogP contribution in [0, 0.1) is 22.5 Å². The van der Waals surface area contributed by atoms with Gasteiger partial charge in [-0.3, -0.25) is 10.00 Å². The molecule has 3 heterocycles. The van der Waals surface area contributed by atoms with Gasteiger partial charge in [-0.15, -0.1) is 0 Å². The second-order valence-electron chi connectivity index (χ2n) is 9.01. The molecule has 1 aliphatic carbocycles. The summed E-state index contributed by atoms with van der Waals surface area (Å²) in [5, 5.41) is 8.23. The first-order chi connectivity index (χ1) is 14.0. The molecule has 4 nitrogen and oxygen atoms in total. The molecule has 0 radical (unpaired) electrons. The molecule has 2 bridgehead atoms. The van der Waals surface area contributed by atoms with E-state index in [1.165, 1.54) is 11.6 Å². The minimum Gasteiger partial charge on any atom is -0.493 e. The van der Waals surface area contributed by atoms with E-state index in [1.807, 2.05) is 6.20 Å². The summed E-state index contributed by atoms with van der Waals surface area (Å²) in [5.74, 6) is -1.31. The smallest absolute Gasteiger partial charge is 0.162 e. The van der Waals surface area contributed by atoms with Crippen LogP contribution in [0.1, 0.15) is 31.7 Å². The van der Waals surface area contributed by atoms with Crippen molar-refractivity contribution in [3.8, 4) is 5.75 Å². The van der Waals surface area contributed by atoms with E-state index in [9.17, 15) is 8.78 Å². The van der Waals surface area contributed by atoms with Crippen LogP contribution in [0.15, 0.2) is 42.6 Å². The van der Waals surface area contributed by atoms with Crippen molar-refractivity contribution in [2.24, 2.45) is 10.8 Å². The van der Waals surface area contributed by atoms with E-state index in [1.54, 1.807) is 0 Å². The van der Waals surface area contributed by atoms with Crippen LogP contribution in [0.4, 0.5) is 8.78 Å². The number of hydrogen-bond donors (Lipinski definition) is 1. The van der Waals surface area contributed by atoms with Gasteiger partial charge in [0, 0.05) is 36.5 Å². The topological polar surface area (TPSA) is 41.2 Å². The highest BCUT2D eigenvalue weighted by Gasteiger charge is 2.58. The fraction of sp³-hybridized carbons (Fsp3) is 0.435. The molecule has 3 aromatic rings. The molecule has 0 unspecified atom stereocenters. The van der Waals surface area contributed by atoms with Gasteiger partial charge in [0.2, 0.25) is 0 Å². The molecule has 1 saturated carbocycles. The predicted octanol–water partition coefficient (Wildman–Crippen LogP) is 4.91. The first kappa shape index (κ1) is 18.6. The molecule has 29 heavy (non-hydrogen) atoms. The molecule has 3 aliphatic rings. The van der Waals surface area contributed by atoms with Crippen molar-refractivity contribution in [1.82, 2.24) is 15.1 Å². The van der Waals surface area contributed by atoms with Gasteiger partial charge in [-0.2, -0.15) is 5.10 Å². The van der Waals surface area contributed by atoms with Gasteiger partial charge < -0.3 is 4.74 Å². The molecule has 2 saturated heterocycles. The quantitative estimate of drug-likeness (QED) is 0.642. The number of fused-ring (bicyclic) bond motifs is 3. The average Bonchev–Trinajstić information content (AvgIpc) is 3.16. The predicted molar refractivity (Wildman–Crippen MR) is 108 cm³/mol. The standard InChI is InChI=1S/C23H25F2N3O/c1-2-22-11-23(12-22,15-29-18-4-5-19(24)20(25)8-18)14-28(13-22)10-16-3-6-21-17(7-16)9-26-27-21/h3-9H,2,10-15H2,1H3,(H,26,27). The van der Waals surface area contributed by atoms with E-state index in [0.717, 1.165) is 61.9 Å². The molecular weight excluding hydrogens is 372 g/mol. The zero-order valence-electron chi connectivity index (χ0n) is 16.5. The molecule has 1 N–H and O–H groups in total. The van der Waals surface area contributed by atoms with Gasteiger partial charge in [-0.05, 0) is 54.5 Å².